The average Bonchev–Trinajstić information content (AvgIpc) is 3.42. The maximum Gasteiger partial charge on any atom is 0.285 e. The molecule has 0 aromatic carbocycles. The van der Waals surface area contributed by atoms with Crippen LogP contribution in [-0.4, -0.2) is 88.8 Å². The Morgan fingerprint density at radius 1 is 1.30 bits per heavy atom. The summed E-state index contributed by atoms with van der Waals surface area (Å²) in [5, 5.41) is 23.5. The molecule has 1 amide bonds. The molecule has 16 heteroatoms. The van der Waals surface area contributed by atoms with Crippen molar-refractivity contribution in [2.24, 2.45) is 0 Å². The van der Waals surface area contributed by atoms with Gasteiger partial charge < -0.3 is 21.1 Å². The molecule has 4 aromatic heterocycles. The molecule has 4 N–H and O–H groups in total. The first-order chi connectivity index (χ1) is 17.7. The molecule has 1 aliphatic heterocycles. The number of aliphatic hydroxyl groups excluding tert-OH is 1. The van der Waals surface area contributed by atoms with Gasteiger partial charge in [0.15, 0.2) is 17.3 Å². The zero-order valence-corrected chi connectivity index (χ0v) is 19.3. The van der Waals surface area contributed by atoms with Crippen molar-refractivity contribution in [2.45, 2.75) is 31.4 Å². The van der Waals surface area contributed by atoms with E-state index in [0.29, 0.717) is 11.2 Å². The van der Waals surface area contributed by atoms with Gasteiger partial charge >= 0.3 is 0 Å². The number of amides is 1. The van der Waals surface area contributed by atoms with Gasteiger partial charge in [-0.3, -0.25) is 9.18 Å². The van der Waals surface area contributed by atoms with Gasteiger partial charge in [0.1, 0.15) is 17.6 Å². The fourth-order valence-electron chi connectivity index (χ4n) is 4.32. The van der Waals surface area contributed by atoms with Crippen molar-refractivity contribution < 1.29 is 27.5 Å². The average molecular weight is 522 g/mol. The molecule has 0 spiro atoms. The number of halogens is 4. The maximum absolute atomic E-state index is 15.1. The van der Waals surface area contributed by atoms with Crippen molar-refractivity contribution in [2.75, 3.05) is 37.4 Å². The zero-order valence-electron chi connectivity index (χ0n) is 19.3. The van der Waals surface area contributed by atoms with Crippen LogP contribution < -0.4 is 11.1 Å². The number of piperidine rings is 1. The number of nitrogen functional groups attached to an aromatic ring is 1. The van der Waals surface area contributed by atoms with Crippen LogP contribution in [0.4, 0.5) is 29.3 Å². The highest BCUT2D eigenvalue weighted by Gasteiger charge is 2.46. The number of nitrogens with two attached hydrogens (primary N) is 1. The van der Waals surface area contributed by atoms with E-state index in [9.17, 15) is 18.0 Å². The van der Waals surface area contributed by atoms with Gasteiger partial charge in [0.05, 0.1) is 36.7 Å². The summed E-state index contributed by atoms with van der Waals surface area (Å²) in [7, 11) is 0. The van der Waals surface area contributed by atoms with Gasteiger partial charge in [-0.1, -0.05) is 5.21 Å². The Labute approximate surface area is 206 Å². The Morgan fingerprint density at radius 2 is 2.11 bits per heavy atom. The fraction of sp³-hybridized carbons (Fsp3) is 0.429. The minimum Gasteiger partial charge on any atom is -0.387 e. The Morgan fingerprint density at radius 3 is 2.84 bits per heavy atom. The van der Waals surface area contributed by atoms with E-state index in [2.05, 4.69) is 30.7 Å². The summed E-state index contributed by atoms with van der Waals surface area (Å²) in [6.45, 7) is -2.05. The van der Waals surface area contributed by atoms with E-state index in [1.807, 2.05) is 0 Å². The van der Waals surface area contributed by atoms with Gasteiger partial charge in [-0.15, -0.1) is 10.2 Å². The van der Waals surface area contributed by atoms with E-state index in [1.165, 1.54) is 10.7 Å². The number of nitrogens with zero attached hydrogens (tertiary/aromatic N) is 8. The third kappa shape index (κ3) is 4.47. The molecular formula is C21H22F4N10O2. The number of alkyl halides is 3. The minimum atomic E-state index is -3.35. The number of aryl methyl sites for hydroxylation is 1. The van der Waals surface area contributed by atoms with Crippen molar-refractivity contribution in [3.05, 3.63) is 24.1 Å². The first-order valence-corrected chi connectivity index (χ1v) is 11.4. The summed E-state index contributed by atoms with van der Waals surface area (Å²) in [5.74, 6) is -5.30. The largest absolute Gasteiger partial charge is 0.387 e. The van der Waals surface area contributed by atoms with E-state index >= 15 is 4.39 Å². The highest BCUT2D eigenvalue weighted by atomic mass is 19.3. The predicted octanol–water partition coefficient (Wildman–Crippen LogP) is 1.26. The van der Waals surface area contributed by atoms with Gasteiger partial charge in [0.2, 0.25) is 11.9 Å². The second kappa shape index (κ2) is 9.42. The van der Waals surface area contributed by atoms with Crippen LogP contribution in [0.25, 0.3) is 27.9 Å². The number of rotatable bonds is 7. The number of carbonyl (C=O) groups excluding carboxylic acids is 1. The molecule has 0 unspecified atom stereocenters. The quantitative estimate of drug-likeness (QED) is 0.305. The molecule has 5 heterocycles. The summed E-state index contributed by atoms with van der Waals surface area (Å²) in [4.78, 5) is 21.0. The summed E-state index contributed by atoms with van der Waals surface area (Å²) in [6, 6.07) is 1.68. The number of hydrogen-bond acceptors (Lipinski definition) is 9. The second-order valence-electron chi connectivity index (χ2n) is 8.58. The third-order valence-corrected chi connectivity index (χ3v) is 6.12. The van der Waals surface area contributed by atoms with E-state index in [0.717, 1.165) is 15.6 Å². The van der Waals surface area contributed by atoms with Gasteiger partial charge in [0, 0.05) is 13.1 Å². The van der Waals surface area contributed by atoms with Crippen LogP contribution in [-0.2, 0) is 11.3 Å². The molecule has 37 heavy (non-hydrogen) atoms. The Bertz CT molecular complexity index is 1470. The number of fused-ring (bicyclic) bond motifs is 2. The third-order valence-electron chi connectivity index (χ3n) is 6.12. The summed E-state index contributed by atoms with van der Waals surface area (Å²) < 4.78 is 59.6. The van der Waals surface area contributed by atoms with Crippen molar-refractivity contribution in [3.8, 4) is 11.3 Å². The molecular weight excluding hydrogens is 500 g/mol. The Kier molecular flexibility index (Phi) is 6.26. The lowest BCUT2D eigenvalue weighted by atomic mass is 10.0. The molecule has 1 aliphatic rings. The van der Waals surface area contributed by atoms with Gasteiger partial charge in [-0.2, -0.15) is 4.98 Å². The first-order valence-electron chi connectivity index (χ1n) is 11.4. The highest BCUT2D eigenvalue weighted by molar-refractivity contribution is 5.88. The lowest BCUT2D eigenvalue weighted by Gasteiger charge is -2.38. The smallest absolute Gasteiger partial charge is 0.285 e. The van der Waals surface area contributed by atoms with Crippen molar-refractivity contribution in [1.82, 2.24) is 39.5 Å². The number of anilines is 2. The second-order valence-corrected chi connectivity index (χ2v) is 8.58. The van der Waals surface area contributed by atoms with Crippen molar-refractivity contribution in [1.29, 1.82) is 0 Å². The molecule has 1 fully saturated rings. The molecule has 1 saturated heterocycles. The lowest BCUT2D eigenvalue weighted by Crippen LogP contribution is -2.56. The SMILES string of the molecule is Nc1nc(N[C@@H]2CCN(C(=O)CO)CC2(F)F)nn2cc(F)c(-c3ccc4nnn(CCCF)c4n3)c12. The number of pyridine rings is 1. The van der Waals surface area contributed by atoms with Crippen LogP contribution in [0.15, 0.2) is 18.3 Å². The monoisotopic (exact) mass is 522 g/mol. The number of carbonyl (C=O) groups is 1. The molecule has 1 atom stereocenters. The van der Waals surface area contributed by atoms with Crippen LogP contribution in [0, 0.1) is 5.82 Å². The van der Waals surface area contributed by atoms with Crippen LogP contribution in [0.5, 0.6) is 0 Å². The van der Waals surface area contributed by atoms with E-state index in [1.54, 1.807) is 6.07 Å². The van der Waals surface area contributed by atoms with Gasteiger partial charge in [-0.05, 0) is 25.0 Å². The number of aliphatic hydroxyl groups is 1. The number of aromatic nitrogens is 7. The molecule has 12 nitrogen and oxygen atoms in total. The van der Waals surface area contributed by atoms with Crippen LogP contribution in [0.2, 0.25) is 0 Å². The summed E-state index contributed by atoms with van der Waals surface area (Å²) in [6.07, 6.45) is 1.10. The van der Waals surface area contributed by atoms with E-state index in [-0.39, 0.29) is 54.5 Å². The van der Waals surface area contributed by atoms with Crippen LogP contribution >= 0.6 is 0 Å². The topological polar surface area (TPSA) is 152 Å². The Hall–Kier alpha value is -4.08. The number of likely N-dealkylation sites (tertiary alicyclic amines) is 1. The van der Waals surface area contributed by atoms with E-state index < -0.39 is 43.5 Å². The fourth-order valence-corrected chi connectivity index (χ4v) is 4.32. The highest BCUT2D eigenvalue weighted by Crippen LogP contribution is 2.33. The molecule has 196 valence electrons. The molecule has 5 rings (SSSR count). The maximum atomic E-state index is 15.1. The van der Waals surface area contributed by atoms with Crippen LogP contribution in [0.1, 0.15) is 12.8 Å². The normalized spacial score (nSPS) is 17.5. The van der Waals surface area contributed by atoms with E-state index in [4.69, 9.17) is 10.8 Å². The minimum absolute atomic E-state index is 0.00239. The number of nitrogens with one attached hydrogen (secondary N) is 1. The van der Waals surface area contributed by atoms with Gasteiger partial charge in [0.25, 0.3) is 5.92 Å². The summed E-state index contributed by atoms with van der Waals surface area (Å²) in [5.41, 5.74) is 7.12. The Balaban J connectivity index is 1.46. The summed E-state index contributed by atoms with van der Waals surface area (Å²) >= 11 is 0. The van der Waals surface area contributed by atoms with Crippen molar-refractivity contribution in [3.63, 3.8) is 0 Å². The predicted molar refractivity (Wildman–Crippen MR) is 123 cm³/mol. The zero-order chi connectivity index (χ0) is 26.3. The molecule has 0 aliphatic carbocycles. The van der Waals surface area contributed by atoms with Crippen LogP contribution in [0.3, 0.4) is 0 Å². The lowest BCUT2D eigenvalue weighted by molar-refractivity contribution is -0.145. The number of hydrogen-bond donors (Lipinski definition) is 3. The molecule has 0 saturated carbocycles. The molecule has 0 bridgehead atoms. The van der Waals surface area contributed by atoms with Gasteiger partial charge in [-0.25, -0.2) is 27.4 Å². The molecule has 4 aromatic rings. The first kappa shape index (κ1) is 24.6. The molecule has 0 radical (unpaired) electrons. The van der Waals surface area contributed by atoms with Crippen molar-refractivity contribution >= 4 is 34.4 Å². The standard InChI is InChI=1S/C21H22F4N10O2/c22-5-1-6-34-19-13(30-32-34)3-2-12(27-19)16-11(23)8-35-17(16)18(26)29-20(31-35)28-14-4-7-33(15(37)9-36)10-21(14,24)25/h2-3,8,14,36H,1,4-7,9-10H2,(H3,26,28,29,31)/t14-/m1/s1.